The van der Waals surface area contributed by atoms with Crippen LogP contribution in [0.1, 0.15) is 38.2 Å². The molecule has 0 fully saturated rings. The number of aliphatic hydroxyl groups is 1. The second-order valence-corrected chi connectivity index (χ2v) is 8.42. The number of phenolic OH excluding ortho intramolecular Hbond substituents is 1. The molecule has 2 rings (SSSR count). The van der Waals surface area contributed by atoms with E-state index in [4.69, 9.17) is 0 Å². The summed E-state index contributed by atoms with van der Waals surface area (Å²) in [6, 6.07) is 7.13. The van der Waals surface area contributed by atoms with Crippen molar-refractivity contribution >= 4 is 21.5 Å². The van der Waals surface area contributed by atoms with Gasteiger partial charge in [-0.15, -0.1) is 0 Å². The maximum atomic E-state index is 11.0. The van der Waals surface area contributed by atoms with Crippen LogP contribution in [0, 0.1) is 11.8 Å². The average molecular weight is 418 g/mol. The second kappa shape index (κ2) is 9.41. The Morgan fingerprint density at radius 2 is 1.96 bits per heavy atom. The van der Waals surface area contributed by atoms with E-state index in [0.717, 1.165) is 36.0 Å². The number of aliphatic hydroxyl groups excluding tert-OH is 1. The average Bonchev–Trinajstić information content (AvgIpc) is 2.60. The molecule has 4 heteroatoms. The molecule has 0 radical (unpaired) electrons. The van der Waals surface area contributed by atoms with Crippen LogP contribution in [-0.2, 0) is 0 Å². The standard InChI is InChI=1S/C22H28BrNO2/c1-4-5-10-20(26)22(23)15-6-8-17(9-7-16-24(2)3)21(22)18-11-13-19(25)14-12-18/h6,8,11-14,20,25-26H,4-5,10,15-16H2,1-3H3. The zero-order valence-corrected chi connectivity index (χ0v) is 17.4. The smallest absolute Gasteiger partial charge is 0.115 e. The molecule has 0 aliphatic heterocycles. The van der Waals surface area contributed by atoms with Gasteiger partial charge >= 0.3 is 0 Å². The molecule has 0 spiro atoms. The highest BCUT2D eigenvalue weighted by molar-refractivity contribution is 9.10. The predicted molar refractivity (Wildman–Crippen MR) is 112 cm³/mol. The van der Waals surface area contributed by atoms with Crippen LogP contribution in [0.25, 0.3) is 5.57 Å². The van der Waals surface area contributed by atoms with Gasteiger partial charge in [0, 0.05) is 5.57 Å². The van der Waals surface area contributed by atoms with Gasteiger partial charge in [-0.1, -0.05) is 71.8 Å². The van der Waals surface area contributed by atoms with Gasteiger partial charge in [0.2, 0.25) is 0 Å². The summed E-state index contributed by atoms with van der Waals surface area (Å²) < 4.78 is -0.573. The number of allylic oxidation sites excluding steroid dienone is 3. The van der Waals surface area contributed by atoms with Crippen LogP contribution in [0.5, 0.6) is 5.75 Å². The predicted octanol–water partition coefficient (Wildman–Crippen LogP) is 4.36. The second-order valence-electron chi connectivity index (χ2n) is 7.00. The summed E-state index contributed by atoms with van der Waals surface area (Å²) >= 11 is 3.87. The van der Waals surface area contributed by atoms with Crippen LogP contribution in [0.4, 0.5) is 0 Å². The van der Waals surface area contributed by atoms with Crippen LogP contribution >= 0.6 is 15.9 Å². The molecule has 26 heavy (non-hydrogen) atoms. The number of hydrogen-bond acceptors (Lipinski definition) is 3. The number of benzene rings is 1. The van der Waals surface area contributed by atoms with Crippen molar-refractivity contribution in [3.05, 3.63) is 47.6 Å². The third-order valence-corrected chi connectivity index (χ3v) is 5.77. The highest BCUT2D eigenvalue weighted by Gasteiger charge is 2.41. The molecule has 0 amide bonds. The third kappa shape index (κ3) is 5.01. The summed E-state index contributed by atoms with van der Waals surface area (Å²) in [5, 5.41) is 20.6. The van der Waals surface area contributed by atoms with Crippen LogP contribution in [0.3, 0.4) is 0 Å². The number of nitrogens with zero attached hydrogens (tertiary/aromatic N) is 1. The summed E-state index contributed by atoms with van der Waals surface area (Å²) in [6.07, 6.45) is 7.06. The highest BCUT2D eigenvalue weighted by Crippen LogP contribution is 2.47. The third-order valence-electron chi connectivity index (χ3n) is 4.52. The molecule has 0 saturated carbocycles. The van der Waals surface area contributed by atoms with Gasteiger partial charge in [-0.3, -0.25) is 4.90 Å². The quantitative estimate of drug-likeness (QED) is 0.533. The number of hydrogen-bond donors (Lipinski definition) is 2. The Balaban J connectivity index is 2.53. The van der Waals surface area contributed by atoms with E-state index in [1.54, 1.807) is 12.1 Å². The van der Waals surface area contributed by atoms with E-state index >= 15 is 0 Å². The molecule has 2 unspecified atom stereocenters. The van der Waals surface area contributed by atoms with Crippen LogP contribution < -0.4 is 0 Å². The monoisotopic (exact) mass is 417 g/mol. The van der Waals surface area contributed by atoms with Crippen molar-refractivity contribution < 1.29 is 10.2 Å². The maximum Gasteiger partial charge on any atom is 0.115 e. The summed E-state index contributed by atoms with van der Waals surface area (Å²) in [5.74, 6) is 6.71. The fraction of sp³-hybridized carbons (Fsp3) is 0.455. The van der Waals surface area contributed by atoms with E-state index in [9.17, 15) is 10.2 Å². The molecule has 140 valence electrons. The fourth-order valence-corrected chi connectivity index (χ4v) is 3.97. The van der Waals surface area contributed by atoms with E-state index in [2.05, 4.69) is 40.8 Å². The maximum absolute atomic E-state index is 11.0. The molecule has 1 aliphatic rings. The van der Waals surface area contributed by atoms with Crippen molar-refractivity contribution in [2.24, 2.45) is 0 Å². The highest BCUT2D eigenvalue weighted by atomic mass is 79.9. The summed E-state index contributed by atoms with van der Waals surface area (Å²) in [7, 11) is 3.98. The topological polar surface area (TPSA) is 43.7 Å². The van der Waals surface area contributed by atoms with Crippen molar-refractivity contribution in [2.75, 3.05) is 20.6 Å². The van der Waals surface area contributed by atoms with Crippen LogP contribution in [0.2, 0.25) is 0 Å². The van der Waals surface area contributed by atoms with Crippen LogP contribution in [0.15, 0.2) is 42.0 Å². The lowest BCUT2D eigenvalue weighted by Crippen LogP contribution is -2.39. The zero-order chi connectivity index (χ0) is 19.2. The molecule has 0 bridgehead atoms. The van der Waals surface area contributed by atoms with Crippen molar-refractivity contribution in [1.29, 1.82) is 0 Å². The molecule has 0 heterocycles. The largest absolute Gasteiger partial charge is 0.508 e. The SMILES string of the molecule is CCCCC(O)C1(Br)CC=CC(C#CCN(C)C)=C1c1ccc(O)cc1. The Kier molecular flexibility index (Phi) is 7.52. The van der Waals surface area contributed by atoms with Crippen molar-refractivity contribution in [3.63, 3.8) is 0 Å². The minimum Gasteiger partial charge on any atom is -0.508 e. The van der Waals surface area contributed by atoms with Crippen molar-refractivity contribution in [2.45, 2.75) is 43.0 Å². The van der Waals surface area contributed by atoms with Gasteiger partial charge in [-0.05, 0) is 50.2 Å². The molecular formula is C22H28BrNO2. The summed E-state index contributed by atoms with van der Waals surface area (Å²) in [4.78, 5) is 2.03. The first-order chi connectivity index (χ1) is 12.4. The molecule has 0 aromatic heterocycles. The number of alkyl halides is 1. The first kappa shape index (κ1) is 20.8. The Morgan fingerprint density at radius 3 is 2.58 bits per heavy atom. The molecule has 2 N–H and O–H groups in total. The fourth-order valence-electron chi connectivity index (χ4n) is 3.11. The first-order valence-electron chi connectivity index (χ1n) is 9.09. The van der Waals surface area contributed by atoms with Gasteiger partial charge in [0.05, 0.1) is 17.0 Å². The van der Waals surface area contributed by atoms with Gasteiger partial charge in [-0.25, -0.2) is 0 Å². The number of phenols is 1. The van der Waals surface area contributed by atoms with Crippen molar-refractivity contribution in [1.82, 2.24) is 4.90 Å². The summed E-state index contributed by atoms with van der Waals surface area (Å²) in [5.41, 5.74) is 2.87. The van der Waals surface area contributed by atoms with Gasteiger partial charge < -0.3 is 10.2 Å². The summed E-state index contributed by atoms with van der Waals surface area (Å²) in [6.45, 7) is 2.80. The van der Waals surface area contributed by atoms with E-state index in [-0.39, 0.29) is 5.75 Å². The van der Waals surface area contributed by atoms with E-state index in [1.807, 2.05) is 37.2 Å². The van der Waals surface area contributed by atoms with Gasteiger partial charge in [0.15, 0.2) is 0 Å². The molecule has 1 aromatic carbocycles. The lowest BCUT2D eigenvalue weighted by molar-refractivity contribution is 0.140. The van der Waals surface area contributed by atoms with E-state index < -0.39 is 10.4 Å². The lowest BCUT2D eigenvalue weighted by atomic mass is 9.78. The Hall–Kier alpha value is -1.54. The van der Waals surface area contributed by atoms with Crippen LogP contribution in [-0.4, -0.2) is 46.2 Å². The Bertz CT molecular complexity index is 725. The zero-order valence-electron chi connectivity index (χ0n) is 15.8. The molecule has 0 saturated heterocycles. The molecule has 1 aliphatic carbocycles. The number of aromatic hydroxyl groups is 1. The first-order valence-corrected chi connectivity index (χ1v) is 9.89. The molecule has 3 nitrogen and oxygen atoms in total. The molecule has 2 atom stereocenters. The number of halogens is 1. The normalized spacial score (nSPS) is 20.8. The van der Waals surface area contributed by atoms with Gasteiger partial charge in [0.25, 0.3) is 0 Å². The minimum absolute atomic E-state index is 0.229. The van der Waals surface area contributed by atoms with Crippen molar-refractivity contribution in [3.8, 4) is 17.6 Å². The number of unbranched alkanes of at least 4 members (excludes halogenated alkanes) is 1. The van der Waals surface area contributed by atoms with E-state index in [1.165, 1.54) is 0 Å². The minimum atomic E-state index is -0.573. The molecular weight excluding hydrogens is 390 g/mol. The van der Waals surface area contributed by atoms with Gasteiger partial charge in [-0.2, -0.15) is 0 Å². The molecule has 1 aromatic rings. The lowest BCUT2D eigenvalue weighted by Gasteiger charge is -2.37. The Morgan fingerprint density at radius 1 is 1.27 bits per heavy atom. The van der Waals surface area contributed by atoms with Gasteiger partial charge in [0.1, 0.15) is 5.75 Å². The van der Waals surface area contributed by atoms with E-state index in [0.29, 0.717) is 13.0 Å². The number of rotatable bonds is 6. The Labute approximate surface area is 165 Å².